The molecule has 5 nitrogen and oxygen atoms in total. The number of carbonyl (C=O) groups is 1. The van der Waals surface area contributed by atoms with Crippen LogP contribution >= 0.6 is 0 Å². The standard InChI is InChI=1S/C18H24BF3O5/c1-16(2)17(3,4)27-19(26-16)15(18(20,21)22)10-13(23)12-9-11(24-5)7-8-14(12)25-6/h7-9,15H,10H2,1-6H3/t15-/m0/s1. The van der Waals surface area contributed by atoms with E-state index in [2.05, 4.69) is 0 Å². The smallest absolute Gasteiger partial charge is 0.470 e. The molecule has 1 heterocycles. The first-order chi connectivity index (χ1) is 12.3. The van der Waals surface area contributed by atoms with E-state index in [9.17, 15) is 18.0 Å². The van der Waals surface area contributed by atoms with Crippen LogP contribution in [0.4, 0.5) is 13.2 Å². The summed E-state index contributed by atoms with van der Waals surface area (Å²) in [6.07, 6.45) is -5.51. The molecule has 1 fully saturated rings. The van der Waals surface area contributed by atoms with Crippen molar-refractivity contribution in [3.8, 4) is 11.5 Å². The number of methoxy groups -OCH3 is 2. The van der Waals surface area contributed by atoms with Gasteiger partial charge in [0.2, 0.25) is 0 Å². The average molecular weight is 388 g/mol. The Morgan fingerprint density at radius 1 is 1.11 bits per heavy atom. The van der Waals surface area contributed by atoms with Crippen LogP contribution in [-0.4, -0.2) is 44.5 Å². The second kappa shape index (κ2) is 7.35. The molecular weight excluding hydrogens is 364 g/mol. The molecular formula is C18H24BF3O5. The van der Waals surface area contributed by atoms with E-state index in [0.717, 1.165) is 0 Å². The second-order valence-corrected chi connectivity index (χ2v) is 7.47. The summed E-state index contributed by atoms with van der Waals surface area (Å²) in [5.41, 5.74) is -1.85. The molecule has 0 saturated carbocycles. The van der Waals surface area contributed by atoms with Crippen molar-refractivity contribution in [1.29, 1.82) is 0 Å². The van der Waals surface area contributed by atoms with Gasteiger partial charge in [-0.25, -0.2) is 0 Å². The molecule has 1 aliphatic heterocycles. The number of Topliss-reactive ketones (excluding diaryl/α,β-unsaturated/α-hetero) is 1. The zero-order chi connectivity index (χ0) is 20.6. The number of hydrogen-bond donors (Lipinski definition) is 0. The highest BCUT2D eigenvalue weighted by molar-refractivity contribution is 6.48. The van der Waals surface area contributed by atoms with Crippen LogP contribution in [0, 0.1) is 0 Å². The third-order valence-electron chi connectivity index (χ3n) is 5.13. The minimum atomic E-state index is -4.68. The van der Waals surface area contributed by atoms with E-state index in [-0.39, 0.29) is 11.3 Å². The first kappa shape index (κ1) is 21.6. The van der Waals surface area contributed by atoms with Crippen LogP contribution in [0.1, 0.15) is 44.5 Å². The predicted octanol–water partition coefficient (Wildman–Crippen LogP) is 4.30. The fourth-order valence-corrected chi connectivity index (χ4v) is 2.76. The van der Waals surface area contributed by atoms with Crippen molar-refractivity contribution >= 4 is 12.9 Å². The lowest BCUT2D eigenvalue weighted by Gasteiger charge is -2.32. The summed E-state index contributed by atoms with van der Waals surface area (Å²) in [6, 6.07) is 4.40. The quantitative estimate of drug-likeness (QED) is 0.537. The molecule has 1 aliphatic rings. The maximum Gasteiger partial charge on any atom is 0.470 e. The molecule has 0 aromatic heterocycles. The van der Waals surface area contributed by atoms with Crippen molar-refractivity contribution < 1.29 is 36.7 Å². The molecule has 2 rings (SSSR count). The highest BCUT2D eigenvalue weighted by Gasteiger charge is 2.60. The molecule has 1 aromatic rings. The molecule has 0 N–H and O–H groups in total. The van der Waals surface area contributed by atoms with Crippen LogP contribution in [0.15, 0.2) is 18.2 Å². The minimum absolute atomic E-state index is 0.0163. The Bertz CT molecular complexity index is 687. The summed E-state index contributed by atoms with van der Waals surface area (Å²) in [6.45, 7) is 6.64. The normalized spacial score (nSPS) is 19.7. The van der Waals surface area contributed by atoms with Crippen molar-refractivity contribution in [2.24, 2.45) is 0 Å². The Morgan fingerprint density at radius 2 is 1.67 bits per heavy atom. The molecule has 0 aliphatic carbocycles. The van der Waals surface area contributed by atoms with Crippen molar-refractivity contribution in [2.75, 3.05) is 14.2 Å². The van der Waals surface area contributed by atoms with Gasteiger partial charge in [-0.3, -0.25) is 4.79 Å². The molecule has 1 aromatic carbocycles. The van der Waals surface area contributed by atoms with Crippen LogP contribution < -0.4 is 9.47 Å². The Labute approximate surface area is 157 Å². The van der Waals surface area contributed by atoms with Gasteiger partial charge >= 0.3 is 13.3 Å². The number of benzene rings is 1. The van der Waals surface area contributed by atoms with Gasteiger partial charge in [0, 0.05) is 6.42 Å². The summed E-state index contributed by atoms with van der Waals surface area (Å²) in [4.78, 5) is 12.7. The van der Waals surface area contributed by atoms with Crippen LogP contribution in [0.2, 0.25) is 5.82 Å². The van der Waals surface area contributed by atoms with Gasteiger partial charge in [-0.15, -0.1) is 0 Å². The number of ether oxygens (including phenoxy) is 2. The van der Waals surface area contributed by atoms with E-state index in [4.69, 9.17) is 18.8 Å². The van der Waals surface area contributed by atoms with Crippen LogP contribution in [0.25, 0.3) is 0 Å². The SMILES string of the molecule is COc1ccc(OC)c(C(=O)C[C@H](B2OC(C)(C)C(C)(C)O2)C(F)(F)F)c1. The summed E-state index contributed by atoms with van der Waals surface area (Å²) < 4.78 is 62.4. The van der Waals surface area contributed by atoms with E-state index < -0.39 is 42.5 Å². The molecule has 0 unspecified atom stereocenters. The Kier molecular flexibility index (Phi) is 5.87. The molecule has 0 spiro atoms. The number of alkyl halides is 3. The number of carbonyl (C=O) groups excluding carboxylic acids is 1. The number of ketones is 1. The Morgan fingerprint density at radius 3 is 2.11 bits per heavy atom. The Balaban J connectivity index is 2.32. The average Bonchev–Trinajstić information content (AvgIpc) is 2.77. The third-order valence-corrected chi connectivity index (χ3v) is 5.13. The van der Waals surface area contributed by atoms with Gasteiger partial charge in [0.1, 0.15) is 11.5 Å². The van der Waals surface area contributed by atoms with Crippen molar-refractivity contribution in [1.82, 2.24) is 0 Å². The fraction of sp³-hybridized carbons (Fsp3) is 0.611. The zero-order valence-corrected chi connectivity index (χ0v) is 16.3. The summed E-state index contributed by atoms with van der Waals surface area (Å²) in [5, 5.41) is 0. The van der Waals surface area contributed by atoms with Crippen LogP contribution in [0.5, 0.6) is 11.5 Å². The van der Waals surface area contributed by atoms with Gasteiger partial charge < -0.3 is 18.8 Å². The van der Waals surface area contributed by atoms with Crippen LogP contribution in [0.3, 0.4) is 0 Å². The Hall–Kier alpha value is -1.74. The molecule has 27 heavy (non-hydrogen) atoms. The lowest BCUT2D eigenvalue weighted by Crippen LogP contribution is -2.41. The highest BCUT2D eigenvalue weighted by atomic mass is 19.4. The van der Waals surface area contributed by atoms with Gasteiger partial charge in [-0.05, 0) is 45.9 Å². The largest absolute Gasteiger partial charge is 0.497 e. The molecule has 0 radical (unpaired) electrons. The number of hydrogen-bond acceptors (Lipinski definition) is 5. The van der Waals surface area contributed by atoms with Gasteiger partial charge in [-0.2, -0.15) is 13.2 Å². The van der Waals surface area contributed by atoms with Gasteiger partial charge in [-0.1, -0.05) is 0 Å². The highest BCUT2D eigenvalue weighted by Crippen LogP contribution is 2.46. The van der Waals surface area contributed by atoms with Crippen molar-refractivity contribution in [2.45, 2.75) is 57.3 Å². The van der Waals surface area contributed by atoms with E-state index in [1.165, 1.54) is 26.4 Å². The van der Waals surface area contributed by atoms with Crippen LogP contribution in [-0.2, 0) is 9.31 Å². The third kappa shape index (κ3) is 4.40. The summed E-state index contributed by atoms with van der Waals surface area (Å²) in [5.74, 6) is -2.32. The molecule has 1 atom stereocenters. The fourth-order valence-electron chi connectivity index (χ4n) is 2.76. The van der Waals surface area contributed by atoms with E-state index >= 15 is 0 Å². The van der Waals surface area contributed by atoms with Crippen molar-refractivity contribution in [3.05, 3.63) is 23.8 Å². The van der Waals surface area contributed by atoms with Gasteiger partial charge in [0.15, 0.2) is 5.78 Å². The zero-order valence-electron chi connectivity index (χ0n) is 16.3. The molecule has 9 heteroatoms. The lowest BCUT2D eigenvalue weighted by molar-refractivity contribution is -0.138. The molecule has 150 valence electrons. The van der Waals surface area contributed by atoms with Gasteiger partial charge in [0.05, 0.1) is 36.8 Å². The summed E-state index contributed by atoms with van der Waals surface area (Å²) in [7, 11) is 1.17. The predicted molar refractivity (Wildman–Crippen MR) is 94.4 cm³/mol. The monoisotopic (exact) mass is 388 g/mol. The maximum absolute atomic E-state index is 13.7. The van der Waals surface area contributed by atoms with E-state index in [1.807, 2.05) is 0 Å². The molecule has 1 saturated heterocycles. The second-order valence-electron chi connectivity index (χ2n) is 7.47. The van der Waals surface area contributed by atoms with E-state index in [0.29, 0.717) is 5.75 Å². The first-order valence-corrected chi connectivity index (χ1v) is 8.50. The first-order valence-electron chi connectivity index (χ1n) is 8.50. The number of halogens is 3. The topological polar surface area (TPSA) is 54.0 Å². The molecule has 0 bridgehead atoms. The summed E-state index contributed by atoms with van der Waals surface area (Å²) >= 11 is 0. The molecule has 0 amide bonds. The maximum atomic E-state index is 13.7. The van der Waals surface area contributed by atoms with Crippen molar-refractivity contribution in [3.63, 3.8) is 0 Å². The van der Waals surface area contributed by atoms with E-state index in [1.54, 1.807) is 33.8 Å². The van der Waals surface area contributed by atoms with Gasteiger partial charge in [0.25, 0.3) is 0 Å². The number of rotatable bonds is 6. The minimum Gasteiger partial charge on any atom is -0.497 e. The lowest BCUT2D eigenvalue weighted by atomic mass is 9.68.